The van der Waals surface area contributed by atoms with Crippen LogP contribution >= 0.6 is 22.7 Å². The van der Waals surface area contributed by atoms with E-state index in [1.165, 1.54) is 0 Å². The predicted molar refractivity (Wildman–Crippen MR) is 105 cm³/mol. The summed E-state index contributed by atoms with van der Waals surface area (Å²) in [6.07, 6.45) is 0. The molecule has 7 heteroatoms. The van der Waals surface area contributed by atoms with Gasteiger partial charge in [-0.25, -0.2) is 4.98 Å². The van der Waals surface area contributed by atoms with E-state index in [2.05, 4.69) is 26.6 Å². The third-order valence-electron chi connectivity index (χ3n) is 3.93. The highest BCUT2D eigenvalue weighted by atomic mass is 32.1. The second-order valence-corrected chi connectivity index (χ2v) is 7.75. The minimum atomic E-state index is -0.176. The van der Waals surface area contributed by atoms with Gasteiger partial charge in [0.15, 0.2) is 0 Å². The number of aromatic nitrogens is 3. The van der Waals surface area contributed by atoms with Crippen LogP contribution in [-0.4, -0.2) is 21.1 Å². The van der Waals surface area contributed by atoms with Crippen LogP contribution in [0.15, 0.2) is 53.9 Å². The molecule has 0 saturated carbocycles. The molecule has 0 radical (unpaired) electrons. The zero-order valence-corrected chi connectivity index (χ0v) is 15.7. The van der Waals surface area contributed by atoms with Gasteiger partial charge in [0, 0.05) is 10.4 Å². The van der Waals surface area contributed by atoms with Gasteiger partial charge in [-0.2, -0.15) is 5.10 Å². The molecule has 1 amide bonds. The number of rotatable bonds is 5. The fraction of sp³-hybridized carbons (Fsp3) is 0.105. The molecule has 0 aliphatic carbocycles. The Morgan fingerprint density at radius 2 is 2.04 bits per heavy atom. The first-order valence-electron chi connectivity index (χ1n) is 8.10. The summed E-state index contributed by atoms with van der Waals surface area (Å²) < 4.78 is 0. The molecule has 3 aromatic heterocycles. The van der Waals surface area contributed by atoms with E-state index in [1.54, 1.807) is 28.7 Å². The molecule has 0 unspecified atom stereocenters. The van der Waals surface area contributed by atoms with E-state index in [0.29, 0.717) is 12.2 Å². The van der Waals surface area contributed by atoms with Crippen LogP contribution in [-0.2, 0) is 6.54 Å². The van der Waals surface area contributed by atoms with E-state index in [9.17, 15) is 4.79 Å². The molecule has 4 aromatic rings. The first-order valence-corrected chi connectivity index (χ1v) is 9.79. The number of aryl methyl sites for hydroxylation is 1. The molecule has 0 atom stereocenters. The number of amides is 1. The first-order chi connectivity index (χ1) is 12.7. The SMILES string of the molecule is Cc1nc(-c2cccs2)sc1CNC(=O)c1cc(-c2ccccc2)n[nH]1. The Hall–Kier alpha value is -2.77. The Labute approximate surface area is 158 Å². The Bertz CT molecular complexity index is 1020. The highest BCUT2D eigenvalue weighted by molar-refractivity contribution is 7.21. The summed E-state index contributed by atoms with van der Waals surface area (Å²) in [6.45, 7) is 2.42. The van der Waals surface area contributed by atoms with Crippen molar-refractivity contribution < 1.29 is 4.79 Å². The average molecular weight is 380 g/mol. The third kappa shape index (κ3) is 3.44. The maximum atomic E-state index is 12.4. The van der Waals surface area contributed by atoms with Crippen molar-refractivity contribution >= 4 is 28.6 Å². The smallest absolute Gasteiger partial charge is 0.269 e. The molecule has 0 fully saturated rings. The van der Waals surface area contributed by atoms with Crippen LogP contribution in [0, 0.1) is 6.92 Å². The number of benzene rings is 1. The van der Waals surface area contributed by atoms with Crippen LogP contribution in [0.5, 0.6) is 0 Å². The Balaban J connectivity index is 1.44. The van der Waals surface area contributed by atoms with E-state index in [1.807, 2.05) is 48.7 Å². The number of nitrogens with one attached hydrogen (secondary N) is 2. The lowest BCUT2D eigenvalue weighted by molar-refractivity contribution is 0.0946. The summed E-state index contributed by atoms with van der Waals surface area (Å²) in [6, 6.07) is 15.6. The molecule has 3 heterocycles. The van der Waals surface area contributed by atoms with Gasteiger partial charge in [-0.15, -0.1) is 22.7 Å². The molecule has 5 nitrogen and oxygen atoms in total. The molecule has 26 heavy (non-hydrogen) atoms. The van der Waals surface area contributed by atoms with E-state index in [0.717, 1.165) is 31.7 Å². The van der Waals surface area contributed by atoms with Gasteiger partial charge in [-0.05, 0) is 24.4 Å². The van der Waals surface area contributed by atoms with Crippen molar-refractivity contribution in [1.29, 1.82) is 0 Å². The zero-order valence-electron chi connectivity index (χ0n) is 14.0. The van der Waals surface area contributed by atoms with E-state index in [4.69, 9.17) is 0 Å². The largest absolute Gasteiger partial charge is 0.346 e. The highest BCUT2D eigenvalue weighted by Gasteiger charge is 2.14. The predicted octanol–water partition coefficient (Wildman–Crippen LogP) is 4.50. The van der Waals surface area contributed by atoms with Crippen LogP contribution < -0.4 is 5.32 Å². The lowest BCUT2D eigenvalue weighted by Crippen LogP contribution is -2.23. The average Bonchev–Trinajstić information content (AvgIpc) is 3.41. The van der Waals surface area contributed by atoms with E-state index in [-0.39, 0.29) is 5.91 Å². The van der Waals surface area contributed by atoms with Crippen molar-refractivity contribution in [3.63, 3.8) is 0 Å². The minimum absolute atomic E-state index is 0.176. The normalized spacial score (nSPS) is 10.8. The van der Waals surface area contributed by atoms with Crippen molar-refractivity contribution in [1.82, 2.24) is 20.5 Å². The van der Waals surface area contributed by atoms with Gasteiger partial charge in [-0.1, -0.05) is 36.4 Å². The van der Waals surface area contributed by atoms with Crippen molar-refractivity contribution in [2.24, 2.45) is 0 Å². The maximum absolute atomic E-state index is 12.4. The number of carbonyl (C=O) groups is 1. The second-order valence-electron chi connectivity index (χ2n) is 5.72. The Morgan fingerprint density at radius 3 is 2.81 bits per heavy atom. The summed E-state index contributed by atoms with van der Waals surface area (Å²) in [7, 11) is 0. The molecule has 130 valence electrons. The lowest BCUT2D eigenvalue weighted by atomic mass is 10.1. The van der Waals surface area contributed by atoms with Gasteiger partial charge in [0.1, 0.15) is 10.7 Å². The van der Waals surface area contributed by atoms with Crippen LogP contribution in [0.1, 0.15) is 21.1 Å². The van der Waals surface area contributed by atoms with Gasteiger partial charge >= 0.3 is 0 Å². The van der Waals surface area contributed by atoms with Crippen molar-refractivity contribution in [3.8, 4) is 21.1 Å². The summed E-state index contributed by atoms with van der Waals surface area (Å²) in [5, 5.41) is 13.0. The van der Waals surface area contributed by atoms with Crippen LogP contribution in [0.25, 0.3) is 21.1 Å². The van der Waals surface area contributed by atoms with Gasteiger partial charge in [0.25, 0.3) is 5.91 Å². The first kappa shape index (κ1) is 16.7. The number of H-pyrrole nitrogens is 1. The standard InChI is InChI=1S/C19H16N4OS2/c1-12-17(26-19(21-12)16-8-5-9-25-16)11-20-18(24)15-10-14(22-23-15)13-6-3-2-4-7-13/h2-10H,11H2,1H3,(H,20,24)(H,22,23). The summed E-state index contributed by atoms with van der Waals surface area (Å²) in [5.74, 6) is -0.176. The molecule has 1 aromatic carbocycles. The zero-order chi connectivity index (χ0) is 17.9. The number of aromatic amines is 1. The van der Waals surface area contributed by atoms with Crippen molar-refractivity contribution in [3.05, 3.63) is 70.2 Å². The van der Waals surface area contributed by atoms with Gasteiger partial charge in [0.05, 0.1) is 22.8 Å². The van der Waals surface area contributed by atoms with Gasteiger partial charge in [0.2, 0.25) is 0 Å². The Morgan fingerprint density at radius 1 is 1.19 bits per heavy atom. The molecule has 4 rings (SSSR count). The number of thiazole rings is 1. The van der Waals surface area contributed by atoms with E-state index >= 15 is 0 Å². The summed E-state index contributed by atoms with van der Waals surface area (Å²) in [4.78, 5) is 19.2. The lowest BCUT2D eigenvalue weighted by Gasteiger charge is -2.01. The number of carbonyl (C=O) groups excluding carboxylic acids is 1. The maximum Gasteiger partial charge on any atom is 0.269 e. The van der Waals surface area contributed by atoms with Gasteiger partial charge < -0.3 is 5.32 Å². The fourth-order valence-corrected chi connectivity index (χ4v) is 4.35. The molecule has 0 aliphatic heterocycles. The molecular weight excluding hydrogens is 364 g/mol. The number of hydrogen-bond acceptors (Lipinski definition) is 5. The van der Waals surface area contributed by atoms with Crippen LogP contribution in [0.2, 0.25) is 0 Å². The molecular formula is C19H16N4OS2. The molecule has 0 aliphatic rings. The van der Waals surface area contributed by atoms with E-state index < -0.39 is 0 Å². The van der Waals surface area contributed by atoms with Gasteiger partial charge in [-0.3, -0.25) is 9.89 Å². The summed E-state index contributed by atoms with van der Waals surface area (Å²) in [5.41, 5.74) is 3.13. The second kappa shape index (κ2) is 7.23. The molecule has 0 bridgehead atoms. The highest BCUT2D eigenvalue weighted by Crippen LogP contribution is 2.31. The monoisotopic (exact) mass is 380 g/mol. The molecule has 0 spiro atoms. The quantitative estimate of drug-likeness (QED) is 0.535. The topological polar surface area (TPSA) is 70.7 Å². The fourth-order valence-electron chi connectivity index (χ4n) is 2.55. The third-order valence-corrected chi connectivity index (χ3v) is 6.12. The van der Waals surface area contributed by atoms with Crippen LogP contribution in [0.4, 0.5) is 0 Å². The minimum Gasteiger partial charge on any atom is -0.346 e. The van der Waals surface area contributed by atoms with Crippen molar-refractivity contribution in [2.75, 3.05) is 0 Å². The number of thiophene rings is 1. The summed E-state index contributed by atoms with van der Waals surface area (Å²) >= 11 is 3.28. The Kier molecular flexibility index (Phi) is 4.64. The number of nitrogens with zero attached hydrogens (tertiary/aromatic N) is 2. The molecule has 0 saturated heterocycles. The molecule has 2 N–H and O–H groups in total. The van der Waals surface area contributed by atoms with Crippen molar-refractivity contribution in [2.45, 2.75) is 13.5 Å². The number of hydrogen-bond donors (Lipinski definition) is 2. The van der Waals surface area contributed by atoms with Crippen LogP contribution in [0.3, 0.4) is 0 Å².